The Morgan fingerprint density at radius 1 is 1.33 bits per heavy atom. The quantitative estimate of drug-likeness (QED) is 0.827. The first-order valence-electron chi connectivity index (χ1n) is 7.05. The number of carbonyl (C=O) groups is 1. The number of halogens is 5. The molecule has 2 rings (SSSR count). The molecule has 3 N–H and O–H groups in total. The molecule has 1 saturated carbocycles. The van der Waals surface area contributed by atoms with Crippen LogP contribution in [0, 0.1) is 5.92 Å². The summed E-state index contributed by atoms with van der Waals surface area (Å²) in [6.45, 7) is -1.40. The third kappa shape index (κ3) is 7.55. The van der Waals surface area contributed by atoms with Crippen molar-refractivity contribution in [3.05, 3.63) is 18.3 Å². The topological polar surface area (TPSA) is 77.2 Å². The minimum absolute atomic E-state index is 0. The monoisotopic (exact) mass is 389 g/mol. The highest BCUT2D eigenvalue weighted by molar-refractivity contribution is 5.92. The van der Waals surface area contributed by atoms with E-state index in [0.717, 1.165) is 19.3 Å². The molecule has 2 atom stereocenters. The van der Waals surface area contributed by atoms with E-state index in [2.05, 4.69) is 15.0 Å². The molecule has 138 valence electrons. The van der Waals surface area contributed by atoms with Crippen molar-refractivity contribution in [3.63, 3.8) is 0 Å². The minimum Gasteiger partial charge on any atom is -0.468 e. The summed E-state index contributed by atoms with van der Waals surface area (Å²) in [5.41, 5.74) is 6.26. The molecule has 5 nitrogen and oxygen atoms in total. The van der Waals surface area contributed by atoms with Crippen molar-refractivity contribution in [2.75, 3.05) is 11.9 Å². The van der Waals surface area contributed by atoms with Gasteiger partial charge in [0.2, 0.25) is 11.8 Å². The van der Waals surface area contributed by atoms with E-state index >= 15 is 0 Å². The van der Waals surface area contributed by atoms with Crippen LogP contribution in [0.5, 0.6) is 5.88 Å². The van der Waals surface area contributed by atoms with Gasteiger partial charge in [0.25, 0.3) is 0 Å². The van der Waals surface area contributed by atoms with Crippen LogP contribution in [-0.4, -0.2) is 29.7 Å². The van der Waals surface area contributed by atoms with Crippen LogP contribution >= 0.6 is 24.8 Å². The number of ether oxygens (including phenoxy) is 1. The average Bonchev–Trinajstić information content (AvgIpc) is 2.46. The number of rotatable bonds is 4. The van der Waals surface area contributed by atoms with Gasteiger partial charge in [0, 0.05) is 18.0 Å². The van der Waals surface area contributed by atoms with Gasteiger partial charge < -0.3 is 15.8 Å². The van der Waals surface area contributed by atoms with E-state index in [0.29, 0.717) is 12.1 Å². The normalized spacial score (nSPS) is 20.3. The van der Waals surface area contributed by atoms with Crippen LogP contribution in [0.1, 0.15) is 25.7 Å². The van der Waals surface area contributed by atoms with Crippen molar-refractivity contribution in [3.8, 4) is 5.88 Å². The summed E-state index contributed by atoms with van der Waals surface area (Å²) < 4.78 is 40.5. The number of pyridine rings is 1. The molecule has 0 aromatic carbocycles. The van der Waals surface area contributed by atoms with Crippen molar-refractivity contribution in [2.24, 2.45) is 11.7 Å². The smallest absolute Gasteiger partial charge is 0.422 e. The zero-order chi connectivity index (χ0) is 16.2. The Bertz CT molecular complexity index is 515. The van der Waals surface area contributed by atoms with Gasteiger partial charge in [-0.3, -0.25) is 4.79 Å². The number of nitrogens with one attached hydrogen (secondary N) is 1. The van der Waals surface area contributed by atoms with Gasteiger partial charge in [-0.15, -0.1) is 24.8 Å². The second-order valence-electron chi connectivity index (χ2n) is 5.40. The van der Waals surface area contributed by atoms with Crippen LogP contribution in [0.2, 0.25) is 0 Å². The molecular formula is C14H20Cl2F3N3O2. The molecule has 1 aromatic heterocycles. The molecule has 1 heterocycles. The van der Waals surface area contributed by atoms with Gasteiger partial charge in [0.05, 0.1) is 11.9 Å². The van der Waals surface area contributed by atoms with Crippen molar-refractivity contribution in [1.29, 1.82) is 0 Å². The van der Waals surface area contributed by atoms with Crippen molar-refractivity contribution in [1.82, 2.24) is 4.98 Å². The summed E-state index contributed by atoms with van der Waals surface area (Å²) in [5, 5.41) is 2.70. The number of nitrogens with two attached hydrogens (primary N) is 1. The Balaban J connectivity index is 0.00000264. The molecular weight excluding hydrogens is 370 g/mol. The van der Waals surface area contributed by atoms with E-state index in [9.17, 15) is 18.0 Å². The van der Waals surface area contributed by atoms with Gasteiger partial charge in [-0.2, -0.15) is 13.2 Å². The number of aromatic nitrogens is 1. The first kappa shape index (κ1) is 22.8. The number of anilines is 1. The molecule has 1 aliphatic carbocycles. The van der Waals surface area contributed by atoms with E-state index in [4.69, 9.17) is 5.73 Å². The summed E-state index contributed by atoms with van der Waals surface area (Å²) in [6.07, 6.45) is 0.144. The zero-order valence-corrected chi connectivity index (χ0v) is 14.3. The summed E-state index contributed by atoms with van der Waals surface area (Å²) in [6, 6.07) is 2.79. The highest BCUT2D eigenvalue weighted by atomic mass is 35.5. The molecule has 10 heteroatoms. The third-order valence-corrected chi connectivity index (χ3v) is 3.47. The van der Waals surface area contributed by atoms with E-state index in [1.165, 1.54) is 18.3 Å². The Morgan fingerprint density at radius 3 is 2.58 bits per heavy atom. The van der Waals surface area contributed by atoms with Gasteiger partial charge in [-0.05, 0) is 25.3 Å². The van der Waals surface area contributed by atoms with Crippen molar-refractivity contribution < 1.29 is 22.7 Å². The molecule has 1 aliphatic rings. The molecule has 0 aliphatic heterocycles. The highest BCUT2D eigenvalue weighted by Gasteiger charge is 2.28. The molecule has 0 spiro atoms. The second kappa shape index (κ2) is 9.90. The molecule has 0 radical (unpaired) electrons. The molecule has 0 bridgehead atoms. The number of nitrogens with zero attached hydrogens (tertiary/aromatic N) is 1. The summed E-state index contributed by atoms with van der Waals surface area (Å²) in [7, 11) is 0. The van der Waals surface area contributed by atoms with Gasteiger partial charge in [-0.1, -0.05) is 6.42 Å². The zero-order valence-electron chi connectivity index (χ0n) is 12.7. The number of carbonyl (C=O) groups excluding carboxylic acids is 1. The lowest BCUT2D eigenvalue weighted by Gasteiger charge is -2.25. The Kier molecular flexibility index (Phi) is 9.39. The number of hydrogen-bond acceptors (Lipinski definition) is 4. The predicted molar refractivity (Wildman–Crippen MR) is 88.8 cm³/mol. The van der Waals surface area contributed by atoms with E-state index in [1.807, 2.05) is 0 Å². The van der Waals surface area contributed by atoms with Gasteiger partial charge in [-0.25, -0.2) is 4.98 Å². The van der Waals surface area contributed by atoms with E-state index in [-0.39, 0.29) is 48.6 Å². The van der Waals surface area contributed by atoms with Gasteiger partial charge >= 0.3 is 6.18 Å². The minimum atomic E-state index is -4.41. The molecule has 24 heavy (non-hydrogen) atoms. The average molecular weight is 390 g/mol. The molecule has 1 aromatic rings. The van der Waals surface area contributed by atoms with Crippen LogP contribution in [0.3, 0.4) is 0 Å². The largest absolute Gasteiger partial charge is 0.468 e. The molecule has 1 amide bonds. The fourth-order valence-electron chi connectivity index (χ4n) is 2.41. The summed E-state index contributed by atoms with van der Waals surface area (Å²) in [5.74, 6) is -0.416. The second-order valence-corrected chi connectivity index (χ2v) is 5.40. The molecule has 0 saturated heterocycles. The number of amides is 1. The van der Waals surface area contributed by atoms with Gasteiger partial charge in [0.1, 0.15) is 0 Å². The van der Waals surface area contributed by atoms with Crippen LogP contribution in [0.25, 0.3) is 0 Å². The van der Waals surface area contributed by atoms with Crippen LogP contribution in [0.15, 0.2) is 18.3 Å². The number of hydrogen-bond donors (Lipinski definition) is 2. The van der Waals surface area contributed by atoms with Gasteiger partial charge in [0.15, 0.2) is 6.61 Å². The maximum Gasteiger partial charge on any atom is 0.422 e. The predicted octanol–water partition coefficient (Wildman–Crippen LogP) is 3.32. The van der Waals surface area contributed by atoms with Crippen molar-refractivity contribution in [2.45, 2.75) is 37.9 Å². The fourth-order valence-corrected chi connectivity index (χ4v) is 2.41. The Morgan fingerprint density at radius 2 is 2.04 bits per heavy atom. The maximum absolute atomic E-state index is 12.1. The number of alkyl halides is 3. The van der Waals surface area contributed by atoms with E-state index < -0.39 is 12.8 Å². The highest BCUT2D eigenvalue weighted by Crippen LogP contribution is 2.25. The SMILES string of the molecule is Cl.Cl.NC1CCCC(C(=O)Nc2ccc(OCC(F)(F)F)nc2)C1. The lowest BCUT2D eigenvalue weighted by atomic mass is 9.85. The Hall–Kier alpha value is -1.25. The summed E-state index contributed by atoms with van der Waals surface area (Å²) >= 11 is 0. The molecule has 2 unspecified atom stereocenters. The lowest BCUT2D eigenvalue weighted by molar-refractivity contribution is -0.154. The van der Waals surface area contributed by atoms with Crippen LogP contribution in [-0.2, 0) is 4.79 Å². The standard InChI is InChI=1S/C14H18F3N3O2.2ClH/c15-14(16,17)8-22-12-5-4-11(7-19-12)20-13(21)9-2-1-3-10(18)6-9;;/h4-5,7,9-10H,1-3,6,8,18H2,(H,20,21);2*1H. The fraction of sp³-hybridized carbons (Fsp3) is 0.571. The summed E-state index contributed by atoms with van der Waals surface area (Å²) in [4.78, 5) is 15.8. The van der Waals surface area contributed by atoms with Crippen LogP contribution in [0.4, 0.5) is 18.9 Å². The Labute approximate surface area is 150 Å². The van der Waals surface area contributed by atoms with E-state index in [1.54, 1.807) is 0 Å². The molecule has 1 fully saturated rings. The lowest BCUT2D eigenvalue weighted by Crippen LogP contribution is -2.34. The first-order chi connectivity index (χ1) is 10.3. The maximum atomic E-state index is 12.1. The van der Waals surface area contributed by atoms with Crippen LogP contribution < -0.4 is 15.8 Å². The first-order valence-corrected chi connectivity index (χ1v) is 7.05. The third-order valence-electron chi connectivity index (χ3n) is 3.47. The van der Waals surface area contributed by atoms with Crippen molar-refractivity contribution >= 4 is 36.4 Å².